The first-order valence-corrected chi connectivity index (χ1v) is 6.51. The topological polar surface area (TPSA) is 32.9 Å². The van der Waals surface area contributed by atoms with E-state index in [2.05, 4.69) is 4.98 Å². The van der Waals surface area contributed by atoms with Crippen molar-refractivity contribution in [3.05, 3.63) is 70.1 Å². The van der Waals surface area contributed by atoms with Crippen molar-refractivity contribution in [1.82, 2.24) is 4.98 Å². The molecule has 0 radical (unpaired) electrons. The zero-order valence-electron chi connectivity index (χ0n) is 10.7. The molecule has 0 spiro atoms. The van der Waals surface area contributed by atoms with Crippen molar-refractivity contribution >= 4 is 28.3 Å². The summed E-state index contributed by atoms with van der Waals surface area (Å²) < 4.78 is 13.4. The molecule has 0 amide bonds. The molecule has 3 rings (SSSR count). The van der Waals surface area contributed by atoms with Gasteiger partial charge in [-0.3, -0.25) is 4.79 Å². The van der Waals surface area contributed by atoms with Gasteiger partial charge in [-0.15, -0.1) is 0 Å². The molecule has 0 saturated carbocycles. The highest BCUT2D eigenvalue weighted by Gasteiger charge is 2.15. The molecule has 0 bridgehead atoms. The predicted octanol–water partition coefficient (Wildman–Crippen LogP) is 4.50. The fourth-order valence-electron chi connectivity index (χ4n) is 2.30. The number of aromatic nitrogens is 1. The van der Waals surface area contributed by atoms with Gasteiger partial charge in [-0.05, 0) is 48.9 Å². The van der Waals surface area contributed by atoms with Crippen LogP contribution in [0.3, 0.4) is 0 Å². The van der Waals surface area contributed by atoms with E-state index >= 15 is 0 Å². The summed E-state index contributed by atoms with van der Waals surface area (Å²) >= 11 is 5.96. The van der Waals surface area contributed by atoms with Crippen LogP contribution in [0, 0.1) is 12.7 Å². The number of carbonyl (C=O) groups is 1. The van der Waals surface area contributed by atoms with E-state index in [-0.39, 0.29) is 5.78 Å². The number of hydrogen-bond donors (Lipinski definition) is 1. The largest absolute Gasteiger partial charge is 0.360 e. The highest BCUT2D eigenvalue weighted by atomic mass is 35.5. The lowest BCUT2D eigenvalue weighted by Gasteiger charge is -2.02. The summed E-state index contributed by atoms with van der Waals surface area (Å²) in [5.41, 5.74) is 2.37. The normalized spacial score (nSPS) is 10.9. The average molecular weight is 288 g/mol. The van der Waals surface area contributed by atoms with Crippen molar-refractivity contribution in [2.45, 2.75) is 6.92 Å². The van der Waals surface area contributed by atoms with E-state index in [1.807, 2.05) is 6.07 Å². The van der Waals surface area contributed by atoms with Crippen molar-refractivity contribution in [2.24, 2.45) is 0 Å². The average Bonchev–Trinajstić information content (AvgIpc) is 2.79. The summed E-state index contributed by atoms with van der Waals surface area (Å²) in [5.74, 6) is -0.632. The van der Waals surface area contributed by atoms with Crippen LogP contribution in [0.2, 0.25) is 5.02 Å². The number of fused-ring (bicyclic) bond motifs is 1. The summed E-state index contributed by atoms with van der Waals surface area (Å²) in [6, 6.07) is 9.61. The van der Waals surface area contributed by atoms with Gasteiger partial charge in [0.2, 0.25) is 0 Å². The number of carbonyl (C=O) groups excluding carboxylic acids is 1. The van der Waals surface area contributed by atoms with Crippen LogP contribution in [-0.4, -0.2) is 10.8 Å². The lowest BCUT2D eigenvalue weighted by molar-refractivity contribution is 0.104. The first-order valence-electron chi connectivity index (χ1n) is 6.13. The maximum atomic E-state index is 13.4. The molecule has 2 nitrogen and oxygen atoms in total. The van der Waals surface area contributed by atoms with Gasteiger partial charge in [-0.2, -0.15) is 0 Å². The quantitative estimate of drug-likeness (QED) is 0.692. The lowest BCUT2D eigenvalue weighted by atomic mass is 10.0. The van der Waals surface area contributed by atoms with Crippen LogP contribution >= 0.6 is 11.6 Å². The molecule has 20 heavy (non-hydrogen) atoms. The maximum Gasteiger partial charge on any atom is 0.195 e. The molecule has 3 aromatic rings. The van der Waals surface area contributed by atoms with Crippen LogP contribution in [0.5, 0.6) is 0 Å². The van der Waals surface area contributed by atoms with Crippen molar-refractivity contribution in [3.8, 4) is 0 Å². The van der Waals surface area contributed by atoms with Crippen LogP contribution in [-0.2, 0) is 0 Å². The molecule has 0 saturated heterocycles. The highest BCUT2D eigenvalue weighted by Crippen LogP contribution is 2.25. The van der Waals surface area contributed by atoms with E-state index in [4.69, 9.17) is 11.6 Å². The van der Waals surface area contributed by atoms with Gasteiger partial charge >= 0.3 is 0 Å². The van der Waals surface area contributed by atoms with Crippen molar-refractivity contribution in [1.29, 1.82) is 0 Å². The van der Waals surface area contributed by atoms with Crippen LogP contribution in [0.25, 0.3) is 10.9 Å². The van der Waals surface area contributed by atoms with Gasteiger partial charge in [0.15, 0.2) is 5.78 Å². The molecule has 0 aliphatic heterocycles. The number of rotatable bonds is 2. The van der Waals surface area contributed by atoms with Gasteiger partial charge in [0.05, 0.1) is 0 Å². The van der Waals surface area contributed by atoms with Crippen molar-refractivity contribution in [3.63, 3.8) is 0 Å². The molecule has 100 valence electrons. The molecule has 0 fully saturated rings. The summed E-state index contributed by atoms with van der Waals surface area (Å²) in [4.78, 5) is 15.5. The Balaban J connectivity index is 2.15. The van der Waals surface area contributed by atoms with Crippen LogP contribution in [0.15, 0.2) is 42.6 Å². The second kappa shape index (κ2) is 4.76. The molecule has 0 aliphatic carbocycles. The van der Waals surface area contributed by atoms with Gasteiger partial charge in [0.1, 0.15) is 5.82 Å². The highest BCUT2D eigenvalue weighted by molar-refractivity contribution is 6.31. The van der Waals surface area contributed by atoms with E-state index < -0.39 is 5.82 Å². The minimum Gasteiger partial charge on any atom is -0.360 e. The number of ketones is 1. The minimum atomic E-state index is -0.411. The third-order valence-electron chi connectivity index (χ3n) is 3.19. The van der Waals surface area contributed by atoms with Crippen LogP contribution < -0.4 is 0 Å². The molecule has 0 unspecified atom stereocenters. The Kier molecular flexibility index (Phi) is 3.07. The molecule has 1 aromatic heterocycles. The molecule has 0 atom stereocenters. The molecular weight excluding hydrogens is 277 g/mol. The minimum absolute atomic E-state index is 0.221. The van der Waals surface area contributed by atoms with Gasteiger partial charge in [0, 0.05) is 33.2 Å². The van der Waals surface area contributed by atoms with E-state index in [9.17, 15) is 9.18 Å². The smallest absolute Gasteiger partial charge is 0.195 e. The first kappa shape index (κ1) is 12.9. The second-order valence-electron chi connectivity index (χ2n) is 4.74. The fourth-order valence-corrected chi connectivity index (χ4v) is 2.48. The fraction of sp³-hybridized carbons (Fsp3) is 0.0625. The third kappa shape index (κ3) is 2.21. The van der Waals surface area contributed by atoms with Crippen molar-refractivity contribution in [2.75, 3.05) is 0 Å². The Labute approximate surface area is 120 Å². The molecule has 1 N–H and O–H groups in total. The lowest BCUT2D eigenvalue weighted by Crippen LogP contribution is -2.01. The molecule has 1 heterocycles. The van der Waals surface area contributed by atoms with E-state index in [0.29, 0.717) is 21.7 Å². The maximum absolute atomic E-state index is 13.4. The van der Waals surface area contributed by atoms with Gasteiger partial charge < -0.3 is 4.98 Å². The zero-order chi connectivity index (χ0) is 14.3. The zero-order valence-corrected chi connectivity index (χ0v) is 11.5. The Morgan fingerprint density at radius 1 is 1.20 bits per heavy atom. The molecule has 0 aliphatic rings. The third-order valence-corrected chi connectivity index (χ3v) is 3.43. The number of aryl methyl sites for hydroxylation is 1. The van der Waals surface area contributed by atoms with Crippen LogP contribution in [0.1, 0.15) is 21.5 Å². The number of halogens is 2. The van der Waals surface area contributed by atoms with E-state index in [0.717, 1.165) is 10.9 Å². The Morgan fingerprint density at radius 3 is 2.75 bits per heavy atom. The van der Waals surface area contributed by atoms with Crippen LogP contribution in [0.4, 0.5) is 4.39 Å². The standard InChI is InChI=1S/C16H11ClFNO/c1-9-4-10(6-12(18)5-9)16(20)14-8-19-15-3-2-11(17)7-13(14)15/h2-8,19H,1H3. The van der Waals surface area contributed by atoms with Gasteiger partial charge in [0.25, 0.3) is 0 Å². The van der Waals surface area contributed by atoms with Gasteiger partial charge in [-0.25, -0.2) is 4.39 Å². The number of aromatic amines is 1. The monoisotopic (exact) mass is 287 g/mol. The van der Waals surface area contributed by atoms with Gasteiger partial charge in [-0.1, -0.05) is 11.6 Å². The Morgan fingerprint density at radius 2 is 2.00 bits per heavy atom. The molecular formula is C16H11ClFNO. The second-order valence-corrected chi connectivity index (χ2v) is 5.18. The molecule has 4 heteroatoms. The number of H-pyrrole nitrogens is 1. The number of hydrogen-bond acceptors (Lipinski definition) is 1. The van der Waals surface area contributed by atoms with E-state index in [1.165, 1.54) is 12.1 Å². The Bertz CT molecular complexity index is 802. The summed E-state index contributed by atoms with van der Waals surface area (Å²) in [7, 11) is 0. The van der Waals surface area contributed by atoms with Crippen molar-refractivity contribution < 1.29 is 9.18 Å². The number of nitrogens with one attached hydrogen (secondary N) is 1. The SMILES string of the molecule is Cc1cc(F)cc(C(=O)c2c[nH]c3ccc(Cl)cc23)c1. The van der Waals surface area contributed by atoms with E-state index in [1.54, 1.807) is 31.3 Å². The summed E-state index contributed by atoms with van der Waals surface area (Å²) in [6.07, 6.45) is 1.63. The molecule has 2 aromatic carbocycles. The predicted molar refractivity (Wildman–Crippen MR) is 77.9 cm³/mol. The summed E-state index contributed by atoms with van der Waals surface area (Å²) in [6.45, 7) is 1.76. The number of benzene rings is 2. The summed E-state index contributed by atoms with van der Waals surface area (Å²) in [5, 5.41) is 1.30. The first-order chi connectivity index (χ1) is 9.54. The Hall–Kier alpha value is -2.13.